The van der Waals surface area contributed by atoms with Crippen LogP contribution in [0.5, 0.6) is 0 Å². The van der Waals surface area contributed by atoms with E-state index in [0.717, 1.165) is 51.4 Å². The van der Waals surface area contributed by atoms with Crippen molar-refractivity contribution < 1.29 is 64.6 Å². The minimum atomic E-state index is -1.78. The van der Waals surface area contributed by atoms with Crippen LogP contribution in [0.1, 0.15) is 328 Å². The summed E-state index contributed by atoms with van der Waals surface area (Å²) in [5.41, 5.74) is 0. The number of amides is 1. The van der Waals surface area contributed by atoms with Gasteiger partial charge in [-0.25, -0.2) is 0 Å². The lowest BCUT2D eigenvalue weighted by atomic mass is 9.97. The lowest BCUT2D eigenvalue weighted by Gasteiger charge is -2.46. The Labute approximate surface area is 495 Å². The first-order valence-electron chi connectivity index (χ1n) is 34.8. The summed E-state index contributed by atoms with van der Waals surface area (Å²) in [6.07, 6.45) is 45.8. The highest BCUT2D eigenvalue weighted by atomic mass is 16.7. The van der Waals surface area contributed by atoms with Gasteiger partial charge in [0, 0.05) is 6.42 Å². The zero-order valence-corrected chi connectivity index (χ0v) is 52.3. The molecule has 0 bridgehead atoms. The van der Waals surface area contributed by atoms with Crippen LogP contribution in [0.15, 0.2) is 0 Å². The Kier molecular flexibility index (Phi) is 50.0. The van der Waals surface area contributed by atoms with E-state index in [4.69, 9.17) is 18.9 Å². The highest BCUT2D eigenvalue weighted by Crippen LogP contribution is 2.30. The van der Waals surface area contributed by atoms with Crippen molar-refractivity contribution in [1.82, 2.24) is 5.32 Å². The van der Waals surface area contributed by atoms with Crippen molar-refractivity contribution in [1.29, 1.82) is 0 Å². The van der Waals surface area contributed by atoms with Crippen molar-refractivity contribution in [3.63, 3.8) is 0 Å². The molecule has 14 nitrogen and oxygen atoms in total. The van der Waals surface area contributed by atoms with E-state index >= 15 is 0 Å². The van der Waals surface area contributed by atoms with Crippen LogP contribution >= 0.6 is 0 Å². The molecule has 0 aromatic carbocycles. The Morgan fingerprint density at radius 2 is 0.704 bits per heavy atom. The Balaban J connectivity index is 1.57. The molecule has 2 heterocycles. The molecule has 2 saturated heterocycles. The zero-order valence-electron chi connectivity index (χ0n) is 52.3. The molecule has 0 radical (unpaired) electrons. The van der Waals surface area contributed by atoms with Crippen molar-refractivity contribution in [2.75, 3.05) is 19.8 Å². The van der Waals surface area contributed by atoms with Gasteiger partial charge in [-0.3, -0.25) is 4.79 Å². The van der Waals surface area contributed by atoms with Crippen LogP contribution < -0.4 is 5.32 Å². The SMILES string of the molecule is CCCCCCCCCCCCCCCCCCCCCCCCCCCCCCCCCCCCC(=O)NC(COC1OC(CO)C(OC2OC(CO)C(O)C(O)C2O)C(O)C1O)C(O)CCCCCCCCCCCCCCC. The van der Waals surface area contributed by atoms with Gasteiger partial charge in [-0.15, -0.1) is 0 Å². The number of carbonyl (C=O) groups excluding carboxylic acids is 1. The molecule has 2 rings (SSSR count). The van der Waals surface area contributed by atoms with E-state index < -0.39 is 86.8 Å². The fourth-order valence-electron chi connectivity index (χ4n) is 12.0. The Bertz CT molecular complexity index is 1360. The predicted octanol–water partition coefficient (Wildman–Crippen LogP) is 13.6. The molecule has 0 aromatic rings. The quantitative estimate of drug-likeness (QED) is 0.0259. The van der Waals surface area contributed by atoms with Crippen molar-refractivity contribution in [2.45, 2.75) is 402 Å². The summed E-state index contributed by atoms with van der Waals surface area (Å²) in [5.74, 6) is -0.199. The molecule has 0 saturated carbocycles. The first-order chi connectivity index (χ1) is 39.6. The molecule has 2 aliphatic rings. The van der Waals surface area contributed by atoms with E-state index in [2.05, 4.69) is 19.2 Å². The number of nitrogens with one attached hydrogen (secondary N) is 1. The summed E-state index contributed by atoms with van der Waals surface area (Å²) in [4.78, 5) is 13.3. The Hall–Kier alpha value is -1.01. The number of carbonyl (C=O) groups is 1. The van der Waals surface area contributed by atoms with E-state index in [1.54, 1.807) is 0 Å². The zero-order chi connectivity index (χ0) is 58.8. The lowest BCUT2D eigenvalue weighted by molar-refractivity contribution is -0.359. The highest BCUT2D eigenvalue weighted by Gasteiger charge is 2.51. The molecular formula is C67H131NO13. The number of hydrogen-bond donors (Lipinski definition) is 9. The fraction of sp³-hybridized carbons (Fsp3) is 0.985. The maximum absolute atomic E-state index is 13.3. The van der Waals surface area contributed by atoms with Crippen LogP contribution in [-0.4, -0.2) is 140 Å². The maximum Gasteiger partial charge on any atom is 0.220 e. The number of rotatable bonds is 58. The van der Waals surface area contributed by atoms with Crippen LogP contribution in [0, 0.1) is 0 Å². The topological polar surface area (TPSA) is 228 Å². The van der Waals surface area contributed by atoms with Crippen LogP contribution in [0.4, 0.5) is 0 Å². The van der Waals surface area contributed by atoms with E-state index in [9.17, 15) is 45.6 Å². The summed E-state index contributed by atoms with van der Waals surface area (Å²) >= 11 is 0. The smallest absolute Gasteiger partial charge is 0.220 e. The van der Waals surface area contributed by atoms with E-state index in [1.165, 1.54) is 250 Å². The largest absolute Gasteiger partial charge is 0.394 e. The van der Waals surface area contributed by atoms with Gasteiger partial charge in [-0.2, -0.15) is 0 Å². The third kappa shape index (κ3) is 38.0. The van der Waals surface area contributed by atoms with Crippen LogP contribution in [-0.2, 0) is 23.7 Å². The standard InChI is InChI=1S/C67H131NO13/c1-3-5-7-9-11-13-15-17-18-19-20-21-22-23-24-25-26-27-28-29-30-31-32-33-34-35-36-37-39-41-43-45-47-49-51-59(72)68-55(56(71)50-48-46-44-42-40-38-16-14-12-10-8-6-4-2)54-78-66-64(77)62(75)65(58(53-70)80-66)81-67-63(76)61(74)60(73)57(52-69)79-67/h55-58,60-67,69-71,73-77H,3-54H2,1-2H3,(H,68,72). The second kappa shape index (κ2) is 53.2. The highest BCUT2D eigenvalue weighted by molar-refractivity contribution is 5.76. The van der Waals surface area contributed by atoms with Gasteiger partial charge in [0.2, 0.25) is 5.91 Å². The van der Waals surface area contributed by atoms with Gasteiger partial charge in [-0.05, 0) is 12.8 Å². The molecule has 1 amide bonds. The lowest BCUT2D eigenvalue weighted by Crippen LogP contribution is -2.65. The number of aliphatic hydroxyl groups excluding tert-OH is 8. The molecule has 12 atom stereocenters. The molecule has 2 fully saturated rings. The minimum absolute atomic E-state index is 0.199. The van der Waals surface area contributed by atoms with Crippen LogP contribution in [0.2, 0.25) is 0 Å². The molecule has 14 heteroatoms. The third-order valence-corrected chi connectivity index (χ3v) is 17.6. The molecule has 0 aliphatic carbocycles. The van der Waals surface area contributed by atoms with Crippen LogP contribution in [0.25, 0.3) is 0 Å². The first kappa shape index (κ1) is 76.1. The Morgan fingerprint density at radius 3 is 1.05 bits per heavy atom. The predicted molar refractivity (Wildman–Crippen MR) is 328 cm³/mol. The summed E-state index contributed by atoms with van der Waals surface area (Å²) < 4.78 is 22.9. The van der Waals surface area contributed by atoms with Gasteiger partial charge < -0.3 is 65.1 Å². The van der Waals surface area contributed by atoms with Crippen molar-refractivity contribution >= 4 is 5.91 Å². The van der Waals surface area contributed by atoms with Gasteiger partial charge >= 0.3 is 0 Å². The van der Waals surface area contributed by atoms with E-state index in [-0.39, 0.29) is 12.5 Å². The molecule has 0 aromatic heterocycles. The Morgan fingerprint density at radius 1 is 0.395 bits per heavy atom. The maximum atomic E-state index is 13.3. The molecule has 12 unspecified atom stereocenters. The number of ether oxygens (including phenoxy) is 4. The molecule has 81 heavy (non-hydrogen) atoms. The van der Waals surface area contributed by atoms with Gasteiger partial charge in [0.05, 0.1) is 32.0 Å². The fourth-order valence-corrected chi connectivity index (χ4v) is 12.0. The molecule has 9 N–H and O–H groups in total. The van der Waals surface area contributed by atoms with Crippen molar-refractivity contribution in [3.05, 3.63) is 0 Å². The summed E-state index contributed by atoms with van der Waals surface area (Å²) in [7, 11) is 0. The number of aliphatic hydroxyl groups is 8. The summed E-state index contributed by atoms with van der Waals surface area (Å²) in [6, 6.07) is -0.823. The van der Waals surface area contributed by atoms with Gasteiger partial charge in [0.1, 0.15) is 48.8 Å². The average Bonchev–Trinajstić information content (AvgIpc) is 3.51. The van der Waals surface area contributed by atoms with E-state index in [1.807, 2.05) is 0 Å². The average molecular weight is 1160 g/mol. The van der Waals surface area contributed by atoms with Crippen LogP contribution in [0.3, 0.4) is 0 Å². The number of hydrogen-bond acceptors (Lipinski definition) is 13. The normalized spacial score (nSPS) is 24.0. The molecule has 482 valence electrons. The molecular weight excluding hydrogens is 1030 g/mol. The van der Waals surface area contributed by atoms with Crippen molar-refractivity contribution in [3.8, 4) is 0 Å². The molecule has 2 aliphatic heterocycles. The molecule has 0 spiro atoms. The third-order valence-electron chi connectivity index (χ3n) is 17.6. The minimum Gasteiger partial charge on any atom is -0.394 e. The van der Waals surface area contributed by atoms with Gasteiger partial charge in [-0.1, -0.05) is 309 Å². The summed E-state index contributed by atoms with van der Waals surface area (Å²) in [5, 5.41) is 87.3. The van der Waals surface area contributed by atoms with Gasteiger partial charge in [0.15, 0.2) is 12.6 Å². The monoisotopic (exact) mass is 1160 g/mol. The first-order valence-corrected chi connectivity index (χ1v) is 34.8. The van der Waals surface area contributed by atoms with E-state index in [0.29, 0.717) is 12.8 Å². The second-order valence-electron chi connectivity index (χ2n) is 25.0. The van der Waals surface area contributed by atoms with Gasteiger partial charge in [0.25, 0.3) is 0 Å². The summed E-state index contributed by atoms with van der Waals surface area (Å²) in [6.45, 7) is 2.90. The number of unbranched alkanes of at least 4 members (excludes halogenated alkanes) is 45. The van der Waals surface area contributed by atoms with Crippen molar-refractivity contribution in [2.24, 2.45) is 0 Å². The second-order valence-corrected chi connectivity index (χ2v) is 25.0.